The smallest absolute Gasteiger partial charge is 0.325 e. The molecule has 1 unspecified atom stereocenters. The van der Waals surface area contributed by atoms with Crippen molar-refractivity contribution in [2.24, 2.45) is 0 Å². The lowest BCUT2D eigenvalue weighted by molar-refractivity contribution is -0.141. The van der Waals surface area contributed by atoms with Gasteiger partial charge in [0.2, 0.25) is 5.91 Å². The maximum Gasteiger partial charge on any atom is 0.325 e. The molecular formula is C9H15N5O3. The second kappa shape index (κ2) is 5.37. The first-order chi connectivity index (χ1) is 7.91. The summed E-state index contributed by atoms with van der Waals surface area (Å²) in [5.74, 6) is -1.09. The summed E-state index contributed by atoms with van der Waals surface area (Å²) in [6.07, 6.45) is -0.0389. The number of rotatable bonds is 5. The van der Waals surface area contributed by atoms with E-state index in [1.807, 2.05) is 13.8 Å². The quantitative estimate of drug-likeness (QED) is 0.711. The molecule has 0 spiro atoms. The van der Waals surface area contributed by atoms with Crippen LogP contribution < -0.4 is 5.32 Å². The van der Waals surface area contributed by atoms with Crippen LogP contribution in [-0.4, -0.2) is 43.2 Å². The molecule has 1 aromatic heterocycles. The number of carboxylic acids is 1. The average Bonchev–Trinajstić information content (AvgIpc) is 2.65. The van der Waals surface area contributed by atoms with E-state index in [4.69, 9.17) is 5.11 Å². The highest BCUT2D eigenvalue weighted by Crippen LogP contribution is 2.04. The Morgan fingerprint density at radius 2 is 2.06 bits per heavy atom. The number of hydrogen-bond acceptors (Lipinski definition) is 5. The molecule has 0 aromatic carbocycles. The van der Waals surface area contributed by atoms with Gasteiger partial charge in [-0.1, -0.05) is 0 Å². The Labute approximate surface area is 98.0 Å². The topological polar surface area (TPSA) is 110 Å². The number of carboxylic acid groups (broad SMARTS) is 1. The fraction of sp³-hybridized carbons (Fsp3) is 0.667. The first kappa shape index (κ1) is 13.1. The second-order valence-corrected chi connectivity index (χ2v) is 3.94. The van der Waals surface area contributed by atoms with Crippen LogP contribution in [0, 0.1) is 0 Å². The van der Waals surface area contributed by atoms with Crippen LogP contribution in [0.4, 0.5) is 0 Å². The van der Waals surface area contributed by atoms with Gasteiger partial charge in [0.25, 0.3) is 0 Å². The molecule has 8 heteroatoms. The molecule has 2 N–H and O–H groups in total. The zero-order valence-electron chi connectivity index (χ0n) is 9.91. The molecule has 0 aliphatic carbocycles. The summed E-state index contributed by atoms with van der Waals surface area (Å²) in [7, 11) is 0. The van der Waals surface area contributed by atoms with Crippen molar-refractivity contribution < 1.29 is 14.7 Å². The molecule has 1 atom stereocenters. The van der Waals surface area contributed by atoms with Crippen LogP contribution in [-0.2, 0) is 16.0 Å². The van der Waals surface area contributed by atoms with Crippen LogP contribution in [0.25, 0.3) is 0 Å². The number of aromatic nitrogens is 4. The zero-order chi connectivity index (χ0) is 13.0. The van der Waals surface area contributed by atoms with E-state index in [0.717, 1.165) is 0 Å². The van der Waals surface area contributed by atoms with Crippen molar-refractivity contribution in [2.75, 3.05) is 0 Å². The molecule has 17 heavy (non-hydrogen) atoms. The van der Waals surface area contributed by atoms with E-state index in [9.17, 15) is 9.59 Å². The number of aliphatic carboxylic acids is 1. The number of hydrogen-bond donors (Lipinski definition) is 2. The lowest BCUT2D eigenvalue weighted by Crippen LogP contribution is -2.39. The predicted molar refractivity (Wildman–Crippen MR) is 57.1 cm³/mol. The van der Waals surface area contributed by atoms with E-state index in [-0.39, 0.29) is 12.5 Å². The molecule has 0 bridgehead atoms. The Kier molecular flexibility index (Phi) is 4.13. The highest BCUT2D eigenvalue weighted by atomic mass is 16.4. The van der Waals surface area contributed by atoms with Gasteiger partial charge in [0.15, 0.2) is 5.82 Å². The molecule has 0 aliphatic heterocycles. The summed E-state index contributed by atoms with van der Waals surface area (Å²) in [4.78, 5) is 22.1. The summed E-state index contributed by atoms with van der Waals surface area (Å²) in [6, 6.07) is -0.879. The summed E-state index contributed by atoms with van der Waals surface area (Å²) < 4.78 is 1.52. The van der Waals surface area contributed by atoms with Gasteiger partial charge in [-0.15, -0.1) is 5.10 Å². The molecule has 0 aliphatic rings. The van der Waals surface area contributed by atoms with E-state index in [1.165, 1.54) is 11.6 Å². The monoisotopic (exact) mass is 241 g/mol. The molecule has 0 radical (unpaired) electrons. The maximum atomic E-state index is 11.5. The van der Waals surface area contributed by atoms with Gasteiger partial charge in [0.1, 0.15) is 6.04 Å². The largest absolute Gasteiger partial charge is 0.480 e. The van der Waals surface area contributed by atoms with Gasteiger partial charge in [-0.3, -0.25) is 9.59 Å². The number of tetrazole rings is 1. The van der Waals surface area contributed by atoms with Crippen molar-refractivity contribution >= 4 is 11.9 Å². The number of carbonyl (C=O) groups excluding carboxylic acids is 1. The Hall–Kier alpha value is -1.99. The van der Waals surface area contributed by atoms with Crippen molar-refractivity contribution in [1.82, 2.24) is 25.5 Å². The van der Waals surface area contributed by atoms with Gasteiger partial charge in [-0.25, -0.2) is 4.68 Å². The Morgan fingerprint density at radius 3 is 2.59 bits per heavy atom. The highest BCUT2D eigenvalue weighted by molar-refractivity contribution is 5.84. The second-order valence-electron chi connectivity index (χ2n) is 3.94. The zero-order valence-corrected chi connectivity index (χ0v) is 9.91. The van der Waals surface area contributed by atoms with Crippen molar-refractivity contribution in [3.63, 3.8) is 0 Å². The Balaban J connectivity index is 2.62. The minimum absolute atomic E-state index is 0.0389. The van der Waals surface area contributed by atoms with Crippen molar-refractivity contribution in [1.29, 1.82) is 0 Å². The third-order valence-electron chi connectivity index (χ3n) is 2.12. The SMILES string of the molecule is CC(NC(=O)Cc1nnnn1C(C)C)C(=O)O. The average molecular weight is 241 g/mol. The molecule has 0 fully saturated rings. The van der Waals surface area contributed by atoms with Gasteiger partial charge in [-0.05, 0) is 31.2 Å². The normalized spacial score (nSPS) is 12.5. The van der Waals surface area contributed by atoms with Crippen LogP contribution in [0.1, 0.15) is 32.6 Å². The predicted octanol–water partition coefficient (Wildman–Crippen LogP) is -0.614. The van der Waals surface area contributed by atoms with E-state index in [0.29, 0.717) is 5.82 Å². The van der Waals surface area contributed by atoms with Crippen LogP contribution in [0.5, 0.6) is 0 Å². The summed E-state index contributed by atoms with van der Waals surface area (Å²) in [6.45, 7) is 5.17. The minimum atomic E-state index is -1.08. The molecule has 1 aromatic rings. The first-order valence-electron chi connectivity index (χ1n) is 5.20. The molecule has 0 saturated heterocycles. The molecule has 94 valence electrons. The molecule has 1 heterocycles. The molecule has 1 amide bonds. The number of amides is 1. The molecule has 8 nitrogen and oxygen atoms in total. The van der Waals surface area contributed by atoms with E-state index in [2.05, 4.69) is 20.8 Å². The van der Waals surface area contributed by atoms with Crippen LogP contribution >= 0.6 is 0 Å². The van der Waals surface area contributed by atoms with Crippen molar-refractivity contribution in [3.05, 3.63) is 5.82 Å². The van der Waals surface area contributed by atoms with Crippen molar-refractivity contribution in [3.8, 4) is 0 Å². The maximum absolute atomic E-state index is 11.5. The first-order valence-corrected chi connectivity index (χ1v) is 5.20. The van der Waals surface area contributed by atoms with Gasteiger partial charge in [0.05, 0.1) is 12.5 Å². The molecule has 1 rings (SSSR count). The summed E-state index contributed by atoms with van der Waals surface area (Å²) >= 11 is 0. The number of nitrogens with one attached hydrogen (secondary N) is 1. The Bertz CT molecular complexity index is 415. The third kappa shape index (κ3) is 3.51. The van der Waals surface area contributed by atoms with Gasteiger partial charge < -0.3 is 10.4 Å². The van der Waals surface area contributed by atoms with E-state index < -0.39 is 17.9 Å². The lowest BCUT2D eigenvalue weighted by atomic mass is 10.3. The van der Waals surface area contributed by atoms with Crippen molar-refractivity contribution in [2.45, 2.75) is 39.3 Å². The van der Waals surface area contributed by atoms with Crippen LogP contribution in [0.2, 0.25) is 0 Å². The fourth-order valence-corrected chi connectivity index (χ4v) is 1.23. The highest BCUT2D eigenvalue weighted by Gasteiger charge is 2.17. The lowest BCUT2D eigenvalue weighted by Gasteiger charge is -2.10. The number of carbonyl (C=O) groups is 2. The van der Waals surface area contributed by atoms with Crippen LogP contribution in [0.15, 0.2) is 0 Å². The third-order valence-corrected chi connectivity index (χ3v) is 2.12. The molecule has 0 saturated carbocycles. The summed E-state index contributed by atoms with van der Waals surface area (Å²) in [5, 5.41) is 21.9. The number of nitrogens with zero attached hydrogens (tertiary/aromatic N) is 4. The van der Waals surface area contributed by atoms with E-state index in [1.54, 1.807) is 0 Å². The van der Waals surface area contributed by atoms with Gasteiger partial charge in [-0.2, -0.15) is 0 Å². The Morgan fingerprint density at radius 1 is 1.41 bits per heavy atom. The summed E-state index contributed by atoms with van der Waals surface area (Å²) in [5.41, 5.74) is 0. The van der Waals surface area contributed by atoms with E-state index >= 15 is 0 Å². The minimum Gasteiger partial charge on any atom is -0.480 e. The standard InChI is InChI=1S/C9H15N5O3/c1-5(2)14-7(11-12-13-14)4-8(15)10-6(3)9(16)17/h5-6H,4H2,1-3H3,(H,10,15)(H,16,17). The molecular weight excluding hydrogens is 226 g/mol. The van der Waals surface area contributed by atoms with Gasteiger partial charge in [0, 0.05) is 0 Å². The van der Waals surface area contributed by atoms with Crippen LogP contribution in [0.3, 0.4) is 0 Å². The van der Waals surface area contributed by atoms with Gasteiger partial charge >= 0.3 is 5.97 Å². The fourth-order valence-electron chi connectivity index (χ4n) is 1.23.